The minimum atomic E-state index is -0.215. The molecule has 2 saturated heterocycles. The van der Waals surface area contributed by atoms with Crippen LogP contribution in [0.3, 0.4) is 0 Å². The summed E-state index contributed by atoms with van der Waals surface area (Å²) in [6.07, 6.45) is 5.28. The average Bonchev–Trinajstić information content (AvgIpc) is 2.68. The molecule has 0 aliphatic carbocycles. The highest BCUT2D eigenvalue weighted by molar-refractivity contribution is 5.94. The maximum atomic E-state index is 12.8. The first kappa shape index (κ1) is 19.8. The Balaban J connectivity index is 1.60. The van der Waals surface area contributed by atoms with Crippen LogP contribution < -0.4 is 4.90 Å². The molecule has 0 bridgehead atoms. The molecule has 1 unspecified atom stereocenters. The van der Waals surface area contributed by atoms with Crippen LogP contribution in [0.5, 0.6) is 0 Å². The molecule has 1 aromatic rings. The van der Waals surface area contributed by atoms with Crippen molar-refractivity contribution >= 4 is 17.5 Å². The number of carbonyl (C=O) groups excluding carboxylic acids is 2. The number of amides is 1. The highest BCUT2D eigenvalue weighted by atomic mass is 16.3. The summed E-state index contributed by atoms with van der Waals surface area (Å²) in [5.41, 5.74) is 0.577. The normalized spacial score (nSPS) is 21.6. The van der Waals surface area contributed by atoms with Crippen LogP contribution in [0, 0.1) is 11.8 Å². The zero-order valence-corrected chi connectivity index (χ0v) is 16.4. The number of ketones is 1. The van der Waals surface area contributed by atoms with Crippen molar-refractivity contribution in [2.24, 2.45) is 11.8 Å². The molecule has 148 valence electrons. The van der Waals surface area contributed by atoms with Gasteiger partial charge >= 0.3 is 0 Å². The predicted molar refractivity (Wildman–Crippen MR) is 105 cm³/mol. The Morgan fingerprint density at radius 2 is 1.93 bits per heavy atom. The maximum Gasteiger partial charge on any atom is 0.255 e. The van der Waals surface area contributed by atoms with E-state index >= 15 is 0 Å². The number of aliphatic hydroxyl groups excluding tert-OH is 1. The molecule has 3 heterocycles. The number of piperidine rings is 2. The van der Waals surface area contributed by atoms with Gasteiger partial charge in [0.2, 0.25) is 0 Å². The third kappa shape index (κ3) is 5.06. The molecule has 0 spiro atoms. The van der Waals surface area contributed by atoms with Gasteiger partial charge in [-0.2, -0.15) is 0 Å². The van der Waals surface area contributed by atoms with Crippen molar-refractivity contribution in [1.82, 2.24) is 9.88 Å². The number of hydrogen-bond acceptors (Lipinski definition) is 5. The SMILES string of the molecule is CC(C)CC(=O)C1CCCN(C(=O)c2ccc(N3CCC(O)CC3)nc2)C1. The van der Waals surface area contributed by atoms with Crippen molar-refractivity contribution in [1.29, 1.82) is 0 Å². The Morgan fingerprint density at radius 3 is 2.56 bits per heavy atom. The number of aromatic nitrogens is 1. The molecule has 1 N–H and O–H groups in total. The van der Waals surface area contributed by atoms with Crippen LogP contribution in [0.15, 0.2) is 18.3 Å². The summed E-state index contributed by atoms with van der Waals surface area (Å²) in [4.78, 5) is 33.6. The minimum Gasteiger partial charge on any atom is -0.393 e. The minimum absolute atomic E-state index is 0.0305. The lowest BCUT2D eigenvalue weighted by Gasteiger charge is -2.33. The lowest BCUT2D eigenvalue weighted by atomic mass is 9.89. The third-order valence-corrected chi connectivity index (χ3v) is 5.56. The molecule has 2 fully saturated rings. The molecule has 0 saturated carbocycles. The molecule has 3 rings (SSSR count). The second-order valence-corrected chi connectivity index (χ2v) is 8.28. The smallest absolute Gasteiger partial charge is 0.255 e. The van der Waals surface area contributed by atoms with Crippen molar-refractivity contribution < 1.29 is 14.7 Å². The van der Waals surface area contributed by atoms with Crippen LogP contribution in [0.2, 0.25) is 0 Å². The highest BCUT2D eigenvalue weighted by Crippen LogP contribution is 2.23. The summed E-state index contributed by atoms with van der Waals surface area (Å²) in [5.74, 6) is 1.42. The molecule has 1 aromatic heterocycles. The summed E-state index contributed by atoms with van der Waals surface area (Å²) in [5, 5.41) is 9.62. The fourth-order valence-corrected chi connectivity index (χ4v) is 3.97. The van der Waals surface area contributed by atoms with Crippen molar-refractivity contribution in [3.05, 3.63) is 23.9 Å². The Morgan fingerprint density at radius 1 is 1.19 bits per heavy atom. The fourth-order valence-electron chi connectivity index (χ4n) is 3.97. The van der Waals surface area contributed by atoms with Crippen LogP contribution in [-0.2, 0) is 4.79 Å². The van der Waals surface area contributed by atoms with E-state index < -0.39 is 0 Å². The molecular weight excluding hydrogens is 342 g/mol. The first-order chi connectivity index (χ1) is 12.9. The van der Waals surface area contributed by atoms with Crippen LogP contribution in [0.25, 0.3) is 0 Å². The van der Waals surface area contributed by atoms with Gasteiger partial charge in [0.25, 0.3) is 5.91 Å². The number of pyridine rings is 1. The van der Waals surface area contributed by atoms with E-state index in [1.165, 1.54) is 0 Å². The molecule has 6 nitrogen and oxygen atoms in total. The van der Waals surface area contributed by atoms with Gasteiger partial charge in [0.05, 0.1) is 11.7 Å². The standard InChI is InChI=1S/C21H31N3O3/c1-15(2)12-19(26)17-4-3-9-24(14-17)21(27)16-5-6-20(22-13-16)23-10-7-18(25)8-11-23/h5-6,13,15,17-18,25H,3-4,7-12,14H2,1-2H3. The van der Waals surface area contributed by atoms with Gasteiger partial charge in [-0.3, -0.25) is 9.59 Å². The molecule has 1 atom stereocenters. The van der Waals surface area contributed by atoms with Crippen molar-refractivity contribution in [2.45, 2.75) is 52.1 Å². The van der Waals surface area contributed by atoms with Gasteiger partial charge in [-0.05, 0) is 43.7 Å². The number of anilines is 1. The second-order valence-electron chi connectivity index (χ2n) is 8.28. The van der Waals surface area contributed by atoms with Crippen molar-refractivity contribution in [3.63, 3.8) is 0 Å². The Bertz CT molecular complexity index is 651. The van der Waals surface area contributed by atoms with Crippen molar-refractivity contribution in [3.8, 4) is 0 Å². The number of carbonyl (C=O) groups is 2. The monoisotopic (exact) mass is 373 g/mol. The van der Waals surface area contributed by atoms with E-state index in [4.69, 9.17) is 0 Å². The molecule has 6 heteroatoms. The van der Waals surface area contributed by atoms with Gasteiger partial charge in [0, 0.05) is 44.7 Å². The van der Waals surface area contributed by atoms with Gasteiger partial charge in [0.1, 0.15) is 11.6 Å². The summed E-state index contributed by atoms with van der Waals surface area (Å²) >= 11 is 0. The first-order valence-electron chi connectivity index (χ1n) is 10.1. The highest BCUT2D eigenvalue weighted by Gasteiger charge is 2.29. The maximum absolute atomic E-state index is 12.8. The van der Waals surface area contributed by atoms with E-state index in [1.54, 1.807) is 11.1 Å². The van der Waals surface area contributed by atoms with Gasteiger partial charge < -0.3 is 14.9 Å². The van der Waals surface area contributed by atoms with E-state index in [2.05, 4.69) is 23.7 Å². The lowest BCUT2D eigenvalue weighted by molar-refractivity contribution is -0.124. The molecule has 27 heavy (non-hydrogen) atoms. The topological polar surface area (TPSA) is 73.7 Å². The zero-order chi connectivity index (χ0) is 19.4. The predicted octanol–water partition coefficient (Wildman–Crippen LogP) is 2.51. The number of likely N-dealkylation sites (tertiary alicyclic amines) is 1. The average molecular weight is 373 g/mol. The lowest BCUT2D eigenvalue weighted by Crippen LogP contribution is -2.42. The van der Waals surface area contributed by atoms with Crippen LogP contribution >= 0.6 is 0 Å². The molecular formula is C21H31N3O3. The number of aliphatic hydroxyl groups is 1. The van der Waals surface area contributed by atoms with Crippen molar-refractivity contribution in [2.75, 3.05) is 31.1 Å². The van der Waals surface area contributed by atoms with E-state index in [1.807, 2.05) is 12.1 Å². The quantitative estimate of drug-likeness (QED) is 0.858. The number of hydrogen-bond donors (Lipinski definition) is 1. The van der Waals surface area contributed by atoms with Gasteiger partial charge in [-0.25, -0.2) is 4.98 Å². The number of rotatable bonds is 5. The Hall–Kier alpha value is -1.95. The van der Waals surface area contributed by atoms with E-state index in [0.29, 0.717) is 31.0 Å². The molecule has 0 aromatic carbocycles. The van der Waals surface area contributed by atoms with Gasteiger partial charge in [0.15, 0.2) is 0 Å². The zero-order valence-electron chi connectivity index (χ0n) is 16.4. The summed E-state index contributed by atoms with van der Waals surface area (Å²) in [6, 6.07) is 3.71. The summed E-state index contributed by atoms with van der Waals surface area (Å²) in [7, 11) is 0. The largest absolute Gasteiger partial charge is 0.393 e. The van der Waals surface area contributed by atoms with Crippen LogP contribution in [-0.4, -0.2) is 59.0 Å². The van der Waals surface area contributed by atoms with Crippen LogP contribution in [0.4, 0.5) is 5.82 Å². The Labute approximate surface area is 161 Å². The number of Topliss-reactive ketones (excluding diaryl/α,β-unsaturated/α-hetero) is 1. The summed E-state index contributed by atoms with van der Waals surface area (Å²) in [6.45, 7) is 6.91. The van der Waals surface area contributed by atoms with E-state index in [0.717, 1.165) is 44.6 Å². The first-order valence-corrected chi connectivity index (χ1v) is 10.1. The molecule has 0 radical (unpaired) electrons. The molecule has 2 aliphatic heterocycles. The Kier molecular flexibility index (Phi) is 6.47. The van der Waals surface area contributed by atoms with Crippen LogP contribution in [0.1, 0.15) is 56.3 Å². The molecule has 2 aliphatic rings. The third-order valence-electron chi connectivity index (χ3n) is 5.56. The fraction of sp³-hybridized carbons (Fsp3) is 0.667. The summed E-state index contributed by atoms with van der Waals surface area (Å²) < 4.78 is 0. The molecule has 1 amide bonds. The number of nitrogens with zero attached hydrogens (tertiary/aromatic N) is 3. The van der Waals surface area contributed by atoms with Gasteiger partial charge in [-0.1, -0.05) is 13.8 Å². The van der Waals surface area contributed by atoms with E-state index in [-0.39, 0.29) is 23.7 Å². The second kappa shape index (κ2) is 8.83. The van der Waals surface area contributed by atoms with Gasteiger partial charge in [-0.15, -0.1) is 0 Å². The van der Waals surface area contributed by atoms with E-state index in [9.17, 15) is 14.7 Å².